The number of carbonyl (C=O) groups is 1. The summed E-state index contributed by atoms with van der Waals surface area (Å²) in [4.78, 5) is 19.3. The molecule has 1 amide bonds. The van der Waals surface area contributed by atoms with Crippen LogP contribution < -0.4 is 5.32 Å². The summed E-state index contributed by atoms with van der Waals surface area (Å²) in [5, 5.41) is 6.66. The summed E-state index contributed by atoms with van der Waals surface area (Å²) in [6.45, 7) is 8.69. The number of hydrogen-bond donors (Lipinski definition) is 1. The Morgan fingerprint density at radius 1 is 1.50 bits per heavy atom. The fourth-order valence-electron chi connectivity index (χ4n) is 1.49. The smallest absolute Gasteiger partial charge is 0.274 e. The van der Waals surface area contributed by atoms with Gasteiger partial charge in [-0.15, -0.1) is 0 Å². The van der Waals surface area contributed by atoms with Gasteiger partial charge in [-0.1, -0.05) is 0 Å². The van der Waals surface area contributed by atoms with Gasteiger partial charge in [0.05, 0.1) is 6.57 Å². The number of aryl methyl sites for hydroxylation is 2. The number of aromatic nitrogens is 3. The molecule has 18 heavy (non-hydrogen) atoms. The summed E-state index contributed by atoms with van der Waals surface area (Å²) in [5.41, 5.74) is 1.25. The third kappa shape index (κ3) is 2.52. The summed E-state index contributed by atoms with van der Waals surface area (Å²) in [5.74, 6) is 0.0810. The number of anilines is 1. The van der Waals surface area contributed by atoms with Crippen molar-refractivity contribution in [1.29, 1.82) is 0 Å². The summed E-state index contributed by atoms with van der Waals surface area (Å²) >= 11 is 0. The van der Waals surface area contributed by atoms with Gasteiger partial charge in [0.1, 0.15) is 5.69 Å². The van der Waals surface area contributed by atoms with Crippen LogP contribution in [-0.4, -0.2) is 20.7 Å². The number of rotatable bonds is 2. The molecule has 0 saturated carbocycles. The lowest BCUT2D eigenvalue weighted by Crippen LogP contribution is -2.14. The standard InChI is InChI=1S/C12H11N5O/c1-8-6-9(13-2)7-10(14-8)12(18)15-11-4-5-17(3)16-11/h4-7H,1,3H3,(H,15,16,18). The SMILES string of the molecule is [C-]#[N+]c1cc(C)nc(C(=O)Nc2ccn(C)n2)c1. The third-order valence-electron chi connectivity index (χ3n) is 2.26. The van der Waals surface area contributed by atoms with Crippen molar-refractivity contribution in [1.82, 2.24) is 14.8 Å². The maximum atomic E-state index is 11.9. The number of nitrogens with zero attached hydrogens (tertiary/aromatic N) is 4. The van der Waals surface area contributed by atoms with Crippen molar-refractivity contribution < 1.29 is 4.79 Å². The average Bonchev–Trinajstić information content (AvgIpc) is 2.73. The zero-order valence-corrected chi connectivity index (χ0v) is 10.0. The Bertz CT molecular complexity index is 638. The summed E-state index contributed by atoms with van der Waals surface area (Å²) in [6.07, 6.45) is 1.73. The number of carbonyl (C=O) groups excluding carboxylic acids is 1. The highest BCUT2D eigenvalue weighted by molar-refractivity contribution is 6.02. The molecule has 0 spiro atoms. The molecule has 0 aliphatic heterocycles. The summed E-state index contributed by atoms with van der Waals surface area (Å²) in [7, 11) is 1.76. The van der Waals surface area contributed by atoms with E-state index in [-0.39, 0.29) is 11.6 Å². The average molecular weight is 241 g/mol. The van der Waals surface area contributed by atoms with E-state index in [0.717, 1.165) is 0 Å². The monoisotopic (exact) mass is 241 g/mol. The molecule has 0 atom stereocenters. The molecule has 0 aromatic carbocycles. The van der Waals surface area contributed by atoms with E-state index in [0.29, 0.717) is 17.2 Å². The van der Waals surface area contributed by atoms with Gasteiger partial charge in [-0.3, -0.25) is 14.5 Å². The van der Waals surface area contributed by atoms with Crippen molar-refractivity contribution in [3.8, 4) is 0 Å². The van der Waals surface area contributed by atoms with E-state index in [1.807, 2.05) is 0 Å². The molecule has 0 unspecified atom stereocenters. The van der Waals surface area contributed by atoms with Gasteiger partial charge in [-0.25, -0.2) is 4.85 Å². The zero-order chi connectivity index (χ0) is 13.1. The van der Waals surface area contributed by atoms with Crippen LogP contribution in [0.25, 0.3) is 4.85 Å². The van der Waals surface area contributed by atoms with Crippen LogP contribution in [0.4, 0.5) is 11.5 Å². The van der Waals surface area contributed by atoms with E-state index in [2.05, 4.69) is 20.2 Å². The van der Waals surface area contributed by atoms with Gasteiger partial charge < -0.3 is 5.32 Å². The second-order valence-electron chi connectivity index (χ2n) is 3.79. The van der Waals surface area contributed by atoms with E-state index >= 15 is 0 Å². The first kappa shape index (κ1) is 11.8. The Labute approximate surface area is 104 Å². The molecule has 2 aromatic rings. The lowest BCUT2D eigenvalue weighted by atomic mass is 10.2. The topological polar surface area (TPSA) is 64.2 Å². The molecule has 0 saturated heterocycles. The van der Waals surface area contributed by atoms with Gasteiger partial charge in [0.2, 0.25) is 0 Å². The number of amides is 1. The van der Waals surface area contributed by atoms with Gasteiger partial charge in [0.25, 0.3) is 5.91 Å². The van der Waals surface area contributed by atoms with E-state index in [4.69, 9.17) is 6.57 Å². The van der Waals surface area contributed by atoms with Gasteiger partial charge in [0.15, 0.2) is 11.5 Å². The Kier molecular flexibility index (Phi) is 3.06. The lowest BCUT2D eigenvalue weighted by Gasteiger charge is -2.03. The molecular formula is C12H11N5O. The van der Waals surface area contributed by atoms with Crippen molar-refractivity contribution in [2.45, 2.75) is 6.92 Å². The molecule has 2 rings (SSSR count). The maximum Gasteiger partial charge on any atom is 0.274 e. The molecule has 0 radical (unpaired) electrons. The highest BCUT2D eigenvalue weighted by atomic mass is 16.1. The molecule has 0 aliphatic rings. The molecule has 90 valence electrons. The second-order valence-corrected chi connectivity index (χ2v) is 3.79. The first-order valence-electron chi connectivity index (χ1n) is 5.25. The fraction of sp³-hybridized carbons (Fsp3) is 0.167. The van der Waals surface area contributed by atoms with E-state index in [1.165, 1.54) is 6.07 Å². The van der Waals surface area contributed by atoms with E-state index < -0.39 is 0 Å². The van der Waals surface area contributed by atoms with Crippen LogP contribution in [0.3, 0.4) is 0 Å². The summed E-state index contributed by atoms with van der Waals surface area (Å²) < 4.78 is 1.59. The Hall–Kier alpha value is -2.68. The van der Waals surface area contributed by atoms with Crippen LogP contribution in [0.2, 0.25) is 0 Å². The number of nitrogens with one attached hydrogen (secondary N) is 1. The molecular weight excluding hydrogens is 230 g/mol. The number of pyridine rings is 1. The van der Waals surface area contributed by atoms with Crippen LogP contribution in [0.5, 0.6) is 0 Å². The Morgan fingerprint density at radius 3 is 2.89 bits per heavy atom. The molecule has 2 aromatic heterocycles. The molecule has 6 nitrogen and oxygen atoms in total. The maximum absolute atomic E-state index is 11.9. The molecule has 0 fully saturated rings. The molecule has 2 heterocycles. The third-order valence-corrected chi connectivity index (χ3v) is 2.26. The molecule has 0 bridgehead atoms. The van der Waals surface area contributed by atoms with Gasteiger partial charge in [-0.05, 0) is 19.1 Å². The first-order valence-corrected chi connectivity index (χ1v) is 5.25. The van der Waals surface area contributed by atoms with Crippen LogP contribution in [0.15, 0.2) is 24.4 Å². The van der Waals surface area contributed by atoms with E-state index in [1.54, 1.807) is 37.0 Å². The van der Waals surface area contributed by atoms with Crippen LogP contribution in [0.1, 0.15) is 16.2 Å². The van der Waals surface area contributed by atoms with Crippen LogP contribution in [-0.2, 0) is 7.05 Å². The largest absolute Gasteiger partial charge is 0.304 e. The number of hydrogen-bond acceptors (Lipinski definition) is 3. The Morgan fingerprint density at radius 2 is 2.28 bits per heavy atom. The minimum atomic E-state index is -0.373. The van der Waals surface area contributed by atoms with Crippen molar-refractivity contribution in [3.63, 3.8) is 0 Å². The van der Waals surface area contributed by atoms with Crippen molar-refractivity contribution in [3.05, 3.63) is 47.2 Å². The van der Waals surface area contributed by atoms with Gasteiger partial charge >= 0.3 is 0 Å². The fourth-order valence-corrected chi connectivity index (χ4v) is 1.49. The minimum absolute atomic E-state index is 0.214. The lowest BCUT2D eigenvalue weighted by molar-refractivity contribution is 0.102. The highest BCUT2D eigenvalue weighted by Crippen LogP contribution is 2.15. The Balaban J connectivity index is 2.24. The first-order chi connectivity index (χ1) is 8.58. The van der Waals surface area contributed by atoms with Gasteiger partial charge in [0, 0.05) is 25.0 Å². The molecule has 0 aliphatic carbocycles. The predicted octanol–water partition coefficient (Wildman–Crippen LogP) is 1.93. The predicted molar refractivity (Wildman–Crippen MR) is 66.4 cm³/mol. The second kappa shape index (κ2) is 4.67. The van der Waals surface area contributed by atoms with Gasteiger partial charge in [-0.2, -0.15) is 5.10 Å². The molecule has 1 N–H and O–H groups in total. The van der Waals surface area contributed by atoms with Crippen molar-refractivity contribution in [2.75, 3.05) is 5.32 Å². The van der Waals surface area contributed by atoms with Crippen molar-refractivity contribution in [2.24, 2.45) is 7.05 Å². The van der Waals surface area contributed by atoms with Crippen molar-refractivity contribution >= 4 is 17.4 Å². The molecule has 6 heteroatoms. The zero-order valence-electron chi connectivity index (χ0n) is 10.0. The summed E-state index contributed by atoms with van der Waals surface area (Å²) in [6, 6.07) is 4.77. The quantitative estimate of drug-likeness (QED) is 0.817. The van der Waals surface area contributed by atoms with Crippen LogP contribution >= 0.6 is 0 Å². The highest BCUT2D eigenvalue weighted by Gasteiger charge is 2.10. The minimum Gasteiger partial charge on any atom is -0.304 e. The normalized spacial score (nSPS) is 9.83. The van der Waals surface area contributed by atoms with Crippen LogP contribution in [0, 0.1) is 13.5 Å². The van der Waals surface area contributed by atoms with E-state index in [9.17, 15) is 4.79 Å².